The van der Waals surface area contributed by atoms with Gasteiger partial charge in [0.1, 0.15) is 0 Å². The average Bonchev–Trinajstić information content (AvgIpc) is 2.89. The summed E-state index contributed by atoms with van der Waals surface area (Å²) in [5.74, 6) is 0. The summed E-state index contributed by atoms with van der Waals surface area (Å²) in [4.78, 5) is 1.62. The van der Waals surface area contributed by atoms with Gasteiger partial charge < -0.3 is 5.73 Å². The second-order valence-corrected chi connectivity index (χ2v) is 4.85. The van der Waals surface area contributed by atoms with E-state index in [9.17, 15) is 0 Å². The van der Waals surface area contributed by atoms with E-state index in [1.54, 1.807) is 17.2 Å². The van der Waals surface area contributed by atoms with Crippen molar-refractivity contribution in [3.05, 3.63) is 42.2 Å². The Morgan fingerprint density at radius 1 is 1.12 bits per heavy atom. The van der Waals surface area contributed by atoms with Crippen LogP contribution in [0.1, 0.15) is 24.8 Å². The van der Waals surface area contributed by atoms with Gasteiger partial charge in [0.05, 0.1) is 18.1 Å². The van der Waals surface area contributed by atoms with Gasteiger partial charge in [-0.25, -0.2) is 0 Å². The van der Waals surface area contributed by atoms with Crippen molar-refractivity contribution in [2.24, 2.45) is 5.73 Å². The molecule has 1 aliphatic carbocycles. The zero-order valence-corrected chi connectivity index (χ0v) is 9.71. The van der Waals surface area contributed by atoms with Crippen LogP contribution in [-0.4, -0.2) is 20.5 Å². The van der Waals surface area contributed by atoms with Crippen molar-refractivity contribution in [2.75, 3.05) is 0 Å². The van der Waals surface area contributed by atoms with Crippen molar-refractivity contribution < 1.29 is 0 Å². The topological polar surface area (TPSA) is 56.7 Å². The SMILES string of the molecule is NC1(CCc2ccc(-n3nccn3)cc2)CC1. The van der Waals surface area contributed by atoms with Gasteiger partial charge in [-0.3, -0.25) is 0 Å². The van der Waals surface area contributed by atoms with Crippen LogP contribution in [0.25, 0.3) is 5.69 Å². The van der Waals surface area contributed by atoms with Crippen LogP contribution >= 0.6 is 0 Å². The lowest BCUT2D eigenvalue weighted by Crippen LogP contribution is -2.22. The van der Waals surface area contributed by atoms with Crippen molar-refractivity contribution in [3.8, 4) is 5.69 Å². The monoisotopic (exact) mass is 228 g/mol. The van der Waals surface area contributed by atoms with Gasteiger partial charge in [-0.1, -0.05) is 12.1 Å². The summed E-state index contributed by atoms with van der Waals surface area (Å²) < 4.78 is 0. The highest BCUT2D eigenvalue weighted by Crippen LogP contribution is 2.36. The molecule has 0 unspecified atom stereocenters. The van der Waals surface area contributed by atoms with E-state index in [-0.39, 0.29) is 5.54 Å². The van der Waals surface area contributed by atoms with Crippen LogP contribution in [0, 0.1) is 0 Å². The minimum Gasteiger partial charge on any atom is -0.325 e. The molecule has 0 amide bonds. The fourth-order valence-electron chi connectivity index (χ4n) is 1.95. The van der Waals surface area contributed by atoms with Gasteiger partial charge in [0.15, 0.2) is 0 Å². The summed E-state index contributed by atoms with van der Waals surface area (Å²) in [6, 6.07) is 8.35. The molecule has 0 saturated heterocycles. The van der Waals surface area contributed by atoms with Gasteiger partial charge in [-0.2, -0.15) is 15.0 Å². The second-order valence-electron chi connectivity index (χ2n) is 4.85. The number of nitrogens with zero attached hydrogens (tertiary/aromatic N) is 3. The van der Waals surface area contributed by atoms with Crippen LogP contribution in [0.4, 0.5) is 0 Å². The van der Waals surface area contributed by atoms with E-state index >= 15 is 0 Å². The molecule has 4 heteroatoms. The van der Waals surface area contributed by atoms with E-state index in [0.717, 1.165) is 18.5 Å². The maximum absolute atomic E-state index is 6.08. The molecule has 1 aromatic heterocycles. The van der Waals surface area contributed by atoms with Crippen molar-refractivity contribution in [1.29, 1.82) is 0 Å². The minimum atomic E-state index is 0.141. The second kappa shape index (κ2) is 3.96. The molecular weight excluding hydrogens is 212 g/mol. The predicted molar refractivity (Wildman–Crippen MR) is 65.8 cm³/mol. The first-order valence-electron chi connectivity index (χ1n) is 6.00. The number of nitrogens with two attached hydrogens (primary N) is 1. The zero-order valence-electron chi connectivity index (χ0n) is 9.71. The molecule has 1 saturated carbocycles. The van der Waals surface area contributed by atoms with Gasteiger partial charge in [0, 0.05) is 5.54 Å². The number of hydrogen-bond acceptors (Lipinski definition) is 3. The highest BCUT2D eigenvalue weighted by Gasteiger charge is 2.37. The Kier molecular flexibility index (Phi) is 2.44. The molecule has 2 N–H and O–H groups in total. The molecule has 0 spiro atoms. The molecule has 4 nitrogen and oxygen atoms in total. The van der Waals surface area contributed by atoms with E-state index < -0.39 is 0 Å². The number of aryl methyl sites for hydroxylation is 1. The maximum Gasteiger partial charge on any atom is 0.0856 e. The molecular formula is C13H16N4. The van der Waals surface area contributed by atoms with Crippen LogP contribution in [0.2, 0.25) is 0 Å². The summed E-state index contributed by atoms with van der Waals surface area (Å²) in [6.07, 6.45) is 7.87. The lowest BCUT2D eigenvalue weighted by Gasteiger charge is -2.08. The van der Waals surface area contributed by atoms with Crippen molar-refractivity contribution >= 4 is 0 Å². The average molecular weight is 228 g/mol. The van der Waals surface area contributed by atoms with Gasteiger partial charge >= 0.3 is 0 Å². The van der Waals surface area contributed by atoms with Gasteiger partial charge in [0.25, 0.3) is 0 Å². The van der Waals surface area contributed by atoms with Crippen molar-refractivity contribution in [3.63, 3.8) is 0 Å². The van der Waals surface area contributed by atoms with Crippen LogP contribution < -0.4 is 5.73 Å². The third kappa shape index (κ3) is 2.36. The summed E-state index contributed by atoms with van der Waals surface area (Å²) in [5, 5.41) is 8.19. The maximum atomic E-state index is 6.08. The van der Waals surface area contributed by atoms with E-state index in [4.69, 9.17) is 5.73 Å². The third-order valence-electron chi connectivity index (χ3n) is 3.39. The Labute approximate surface area is 100 Å². The molecule has 0 atom stereocenters. The lowest BCUT2D eigenvalue weighted by atomic mass is 10.0. The van der Waals surface area contributed by atoms with Crippen LogP contribution in [0.3, 0.4) is 0 Å². The smallest absolute Gasteiger partial charge is 0.0856 e. The van der Waals surface area contributed by atoms with Crippen LogP contribution in [0.15, 0.2) is 36.7 Å². The molecule has 0 bridgehead atoms. The van der Waals surface area contributed by atoms with E-state index in [0.29, 0.717) is 0 Å². The standard InChI is InChI=1S/C13H16N4/c14-13(7-8-13)6-5-11-1-3-12(4-2-11)17-15-9-10-16-17/h1-4,9-10H,5-8,14H2. The molecule has 0 aliphatic heterocycles. The minimum absolute atomic E-state index is 0.141. The molecule has 1 aromatic carbocycles. The van der Waals surface area contributed by atoms with Gasteiger partial charge in [0.2, 0.25) is 0 Å². The number of rotatable bonds is 4. The molecule has 3 rings (SSSR count). The quantitative estimate of drug-likeness (QED) is 0.866. The first-order chi connectivity index (χ1) is 8.25. The van der Waals surface area contributed by atoms with E-state index in [1.807, 2.05) is 12.1 Å². The van der Waals surface area contributed by atoms with Gasteiger partial charge in [-0.05, 0) is 43.4 Å². The van der Waals surface area contributed by atoms with E-state index in [2.05, 4.69) is 22.3 Å². The first kappa shape index (κ1) is 10.5. The van der Waals surface area contributed by atoms with Crippen LogP contribution in [-0.2, 0) is 6.42 Å². The lowest BCUT2D eigenvalue weighted by molar-refractivity contribution is 0.609. The molecule has 2 aromatic rings. The largest absolute Gasteiger partial charge is 0.325 e. The number of benzene rings is 1. The predicted octanol–water partition coefficient (Wildman–Crippen LogP) is 1.69. The molecule has 1 aliphatic rings. The molecule has 0 radical (unpaired) electrons. The zero-order chi connectivity index (χ0) is 11.7. The summed E-state index contributed by atoms with van der Waals surface area (Å²) in [7, 11) is 0. The van der Waals surface area contributed by atoms with Crippen molar-refractivity contribution in [1.82, 2.24) is 15.0 Å². The molecule has 1 heterocycles. The third-order valence-corrected chi connectivity index (χ3v) is 3.39. The van der Waals surface area contributed by atoms with E-state index in [1.165, 1.54) is 18.4 Å². The summed E-state index contributed by atoms with van der Waals surface area (Å²) >= 11 is 0. The number of aromatic nitrogens is 3. The summed E-state index contributed by atoms with van der Waals surface area (Å²) in [5.41, 5.74) is 8.54. The molecule has 88 valence electrons. The number of hydrogen-bond donors (Lipinski definition) is 1. The molecule has 1 fully saturated rings. The highest BCUT2D eigenvalue weighted by molar-refractivity contribution is 5.32. The Morgan fingerprint density at radius 3 is 2.35 bits per heavy atom. The fourth-order valence-corrected chi connectivity index (χ4v) is 1.95. The van der Waals surface area contributed by atoms with Gasteiger partial charge in [-0.15, -0.1) is 0 Å². The van der Waals surface area contributed by atoms with Crippen molar-refractivity contribution in [2.45, 2.75) is 31.2 Å². The highest BCUT2D eigenvalue weighted by atomic mass is 15.5. The normalized spacial score (nSPS) is 17.0. The Hall–Kier alpha value is -1.68. The molecule has 17 heavy (non-hydrogen) atoms. The Bertz CT molecular complexity index is 483. The Morgan fingerprint density at radius 2 is 1.76 bits per heavy atom. The summed E-state index contributed by atoms with van der Waals surface area (Å²) in [6.45, 7) is 0. The first-order valence-corrected chi connectivity index (χ1v) is 6.00. The van der Waals surface area contributed by atoms with Crippen LogP contribution in [0.5, 0.6) is 0 Å². The fraction of sp³-hybridized carbons (Fsp3) is 0.385. The Balaban J connectivity index is 1.67.